The SMILES string of the molecule is COc1c(C(O)Cc2ccc(Cl)cc2)c(C)nn1C. The van der Waals surface area contributed by atoms with Crippen LogP contribution in [0.15, 0.2) is 24.3 Å². The van der Waals surface area contributed by atoms with Crippen molar-refractivity contribution in [2.75, 3.05) is 7.11 Å². The highest BCUT2D eigenvalue weighted by molar-refractivity contribution is 6.30. The molecule has 1 unspecified atom stereocenters. The van der Waals surface area contributed by atoms with Gasteiger partial charge in [0, 0.05) is 18.5 Å². The molecule has 19 heavy (non-hydrogen) atoms. The molecule has 0 saturated heterocycles. The van der Waals surface area contributed by atoms with Crippen molar-refractivity contribution in [1.82, 2.24) is 9.78 Å². The Morgan fingerprint density at radius 3 is 2.58 bits per heavy atom. The maximum Gasteiger partial charge on any atom is 0.217 e. The normalized spacial score (nSPS) is 12.5. The van der Waals surface area contributed by atoms with Crippen molar-refractivity contribution in [2.45, 2.75) is 19.4 Å². The van der Waals surface area contributed by atoms with Gasteiger partial charge in [0.1, 0.15) is 0 Å². The van der Waals surface area contributed by atoms with E-state index in [1.807, 2.05) is 31.2 Å². The predicted octanol–water partition coefficient (Wildman–Crippen LogP) is 2.67. The fraction of sp³-hybridized carbons (Fsp3) is 0.357. The molecule has 2 rings (SSSR count). The van der Waals surface area contributed by atoms with Crippen LogP contribution in [0.5, 0.6) is 5.88 Å². The number of nitrogens with zero attached hydrogens (tertiary/aromatic N) is 2. The van der Waals surface area contributed by atoms with Crippen molar-refractivity contribution in [3.63, 3.8) is 0 Å². The van der Waals surface area contributed by atoms with Crippen molar-refractivity contribution < 1.29 is 9.84 Å². The summed E-state index contributed by atoms with van der Waals surface area (Å²) >= 11 is 5.85. The number of ether oxygens (including phenoxy) is 1. The first-order valence-electron chi connectivity index (χ1n) is 6.03. The first-order chi connectivity index (χ1) is 9.02. The molecule has 2 aromatic rings. The van der Waals surface area contributed by atoms with E-state index in [1.54, 1.807) is 18.8 Å². The summed E-state index contributed by atoms with van der Waals surface area (Å²) in [5, 5.41) is 15.3. The second-order valence-corrected chi connectivity index (χ2v) is 4.91. The standard InChI is InChI=1S/C14H17ClN2O2/c1-9-13(14(19-3)17(2)16-9)12(18)8-10-4-6-11(15)7-5-10/h4-7,12,18H,8H2,1-3H3. The van der Waals surface area contributed by atoms with Crippen LogP contribution in [0.25, 0.3) is 0 Å². The maximum absolute atomic E-state index is 10.4. The van der Waals surface area contributed by atoms with E-state index in [2.05, 4.69) is 5.10 Å². The quantitative estimate of drug-likeness (QED) is 0.937. The van der Waals surface area contributed by atoms with Gasteiger partial charge in [-0.2, -0.15) is 5.10 Å². The van der Waals surface area contributed by atoms with Gasteiger partial charge in [-0.1, -0.05) is 23.7 Å². The summed E-state index contributed by atoms with van der Waals surface area (Å²) in [5.41, 5.74) is 2.53. The Kier molecular flexibility index (Phi) is 4.12. The summed E-state index contributed by atoms with van der Waals surface area (Å²) in [4.78, 5) is 0. The second kappa shape index (κ2) is 5.63. The lowest BCUT2D eigenvalue weighted by Crippen LogP contribution is -2.05. The summed E-state index contributed by atoms with van der Waals surface area (Å²) in [6.07, 6.45) is -0.148. The Balaban J connectivity index is 2.24. The first-order valence-corrected chi connectivity index (χ1v) is 6.40. The van der Waals surface area contributed by atoms with Crippen LogP contribution in [0, 0.1) is 6.92 Å². The Hall–Kier alpha value is -1.52. The molecule has 1 atom stereocenters. The van der Waals surface area contributed by atoms with Crippen molar-refractivity contribution in [1.29, 1.82) is 0 Å². The smallest absolute Gasteiger partial charge is 0.217 e. The number of aliphatic hydroxyl groups excluding tert-OH is 1. The predicted molar refractivity (Wildman–Crippen MR) is 74.6 cm³/mol. The number of hydrogen-bond donors (Lipinski definition) is 1. The molecule has 102 valence electrons. The summed E-state index contributed by atoms with van der Waals surface area (Å²) in [5.74, 6) is 0.596. The van der Waals surface area contributed by atoms with Crippen LogP contribution in [-0.4, -0.2) is 22.0 Å². The zero-order chi connectivity index (χ0) is 14.0. The summed E-state index contributed by atoms with van der Waals surface area (Å²) in [6.45, 7) is 1.86. The van der Waals surface area contributed by atoms with Gasteiger partial charge >= 0.3 is 0 Å². The van der Waals surface area contributed by atoms with Crippen molar-refractivity contribution in [2.24, 2.45) is 7.05 Å². The fourth-order valence-electron chi connectivity index (χ4n) is 2.22. The highest BCUT2D eigenvalue weighted by atomic mass is 35.5. The van der Waals surface area contributed by atoms with Gasteiger partial charge in [-0.3, -0.25) is 0 Å². The van der Waals surface area contributed by atoms with Gasteiger partial charge in [-0.05, 0) is 24.6 Å². The molecule has 0 amide bonds. The van der Waals surface area contributed by atoms with Gasteiger partial charge in [0.25, 0.3) is 0 Å². The number of halogens is 1. The molecular weight excluding hydrogens is 264 g/mol. The lowest BCUT2D eigenvalue weighted by atomic mass is 10.0. The highest BCUT2D eigenvalue weighted by Gasteiger charge is 2.21. The molecule has 0 fully saturated rings. The van der Waals surface area contributed by atoms with Gasteiger partial charge in [0.15, 0.2) is 0 Å². The van der Waals surface area contributed by atoms with Crippen LogP contribution in [0.4, 0.5) is 0 Å². The minimum Gasteiger partial charge on any atom is -0.481 e. The lowest BCUT2D eigenvalue weighted by molar-refractivity contribution is 0.172. The number of rotatable bonds is 4. The molecule has 0 saturated carbocycles. The molecule has 0 spiro atoms. The molecular formula is C14H17ClN2O2. The monoisotopic (exact) mass is 280 g/mol. The second-order valence-electron chi connectivity index (χ2n) is 4.48. The summed E-state index contributed by atoms with van der Waals surface area (Å²) in [6, 6.07) is 7.45. The van der Waals surface area contributed by atoms with Gasteiger partial charge in [0.2, 0.25) is 5.88 Å². The molecule has 1 aromatic heterocycles. The van der Waals surface area contributed by atoms with Crippen molar-refractivity contribution in [3.05, 3.63) is 46.1 Å². The number of benzene rings is 1. The molecule has 0 aliphatic heterocycles. The van der Waals surface area contributed by atoms with Crippen LogP contribution < -0.4 is 4.74 Å². The van der Waals surface area contributed by atoms with E-state index in [-0.39, 0.29) is 0 Å². The summed E-state index contributed by atoms with van der Waals surface area (Å²) < 4.78 is 6.93. The Morgan fingerprint density at radius 1 is 1.37 bits per heavy atom. The molecule has 0 aliphatic carbocycles. The van der Waals surface area contributed by atoms with Crippen LogP contribution in [0.2, 0.25) is 5.02 Å². The third-order valence-electron chi connectivity index (χ3n) is 3.08. The first kappa shape index (κ1) is 13.9. The molecule has 0 aliphatic rings. The van der Waals surface area contributed by atoms with Crippen LogP contribution in [0.3, 0.4) is 0 Å². The average molecular weight is 281 g/mol. The fourth-order valence-corrected chi connectivity index (χ4v) is 2.35. The zero-order valence-corrected chi connectivity index (χ0v) is 12.0. The maximum atomic E-state index is 10.4. The zero-order valence-electron chi connectivity index (χ0n) is 11.2. The molecule has 1 N–H and O–H groups in total. The Labute approximate surface area is 117 Å². The summed E-state index contributed by atoms with van der Waals surface area (Å²) in [7, 11) is 3.37. The van der Waals surface area contributed by atoms with Crippen molar-refractivity contribution in [3.8, 4) is 5.88 Å². The van der Waals surface area contributed by atoms with E-state index in [0.717, 1.165) is 16.8 Å². The molecule has 1 heterocycles. The topological polar surface area (TPSA) is 47.3 Å². The third kappa shape index (κ3) is 2.91. The van der Waals surface area contributed by atoms with Crippen LogP contribution in [-0.2, 0) is 13.5 Å². The number of aliphatic hydroxyl groups is 1. The minimum atomic E-state index is -0.648. The van der Waals surface area contributed by atoms with E-state index in [0.29, 0.717) is 17.3 Å². The van der Waals surface area contributed by atoms with E-state index < -0.39 is 6.10 Å². The van der Waals surface area contributed by atoms with E-state index in [1.165, 1.54) is 0 Å². The third-order valence-corrected chi connectivity index (χ3v) is 3.33. The van der Waals surface area contributed by atoms with E-state index in [4.69, 9.17) is 16.3 Å². The molecule has 5 heteroatoms. The van der Waals surface area contributed by atoms with E-state index in [9.17, 15) is 5.11 Å². The largest absolute Gasteiger partial charge is 0.481 e. The van der Waals surface area contributed by atoms with Gasteiger partial charge in [-0.15, -0.1) is 0 Å². The molecule has 4 nitrogen and oxygen atoms in total. The number of methoxy groups -OCH3 is 1. The average Bonchev–Trinajstić information content (AvgIpc) is 2.66. The number of hydrogen-bond acceptors (Lipinski definition) is 3. The molecule has 0 bridgehead atoms. The lowest BCUT2D eigenvalue weighted by Gasteiger charge is -2.12. The minimum absolute atomic E-state index is 0.500. The van der Waals surface area contributed by atoms with Crippen LogP contribution >= 0.6 is 11.6 Å². The van der Waals surface area contributed by atoms with Crippen LogP contribution in [0.1, 0.15) is 22.9 Å². The number of aromatic nitrogens is 2. The molecule has 0 radical (unpaired) electrons. The number of aryl methyl sites for hydroxylation is 2. The highest BCUT2D eigenvalue weighted by Crippen LogP contribution is 2.30. The van der Waals surface area contributed by atoms with Gasteiger partial charge in [0.05, 0.1) is 24.5 Å². The van der Waals surface area contributed by atoms with E-state index >= 15 is 0 Å². The van der Waals surface area contributed by atoms with Crippen molar-refractivity contribution >= 4 is 11.6 Å². The Bertz CT molecular complexity index is 564. The van der Waals surface area contributed by atoms with Gasteiger partial charge in [-0.25, -0.2) is 4.68 Å². The molecule has 1 aromatic carbocycles. The Morgan fingerprint density at radius 2 is 2.00 bits per heavy atom. The van der Waals surface area contributed by atoms with Gasteiger partial charge < -0.3 is 9.84 Å².